The molecule has 0 N–H and O–H groups in total. The van der Waals surface area contributed by atoms with Gasteiger partial charge in [-0.25, -0.2) is 0 Å². The third kappa shape index (κ3) is 3.84. The number of hydrogen-bond donors (Lipinski definition) is 0. The number of ether oxygens (including phenoxy) is 2. The third-order valence-electron chi connectivity index (χ3n) is 5.04. The number of carbonyl (C=O) groups excluding carboxylic acids is 1. The van der Waals surface area contributed by atoms with E-state index in [-0.39, 0.29) is 0 Å². The third-order valence-corrected chi connectivity index (χ3v) is 6.26. The normalized spacial score (nSPS) is 14.6. The molecule has 0 amide bonds. The molecule has 4 nitrogen and oxygen atoms in total. The predicted octanol–water partition coefficient (Wildman–Crippen LogP) is 4.86. The Morgan fingerprint density at radius 3 is 2.52 bits per heavy atom. The number of methoxy groups -OCH3 is 1. The Kier molecular flexibility index (Phi) is 5.41. The summed E-state index contributed by atoms with van der Waals surface area (Å²) in [4.78, 5) is 15.1. The quantitative estimate of drug-likeness (QED) is 0.548. The molecule has 2 aromatic carbocycles. The maximum Gasteiger partial charge on any atom is 0.152 e. The molecule has 4 rings (SSSR count). The van der Waals surface area contributed by atoms with Crippen LogP contribution in [0.4, 0.5) is 0 Å². The van der Waals surface area contributed by atoms with Crippen molar-refractivity contribution in [1.29, 1.82) is 0 Å². The van der Waals surface area contributed by atoms with Crippen LogP contribution in [0.15, 0.2) is 42.5 Å². The molecule has 2 heterocycles. The van der Waals surface area contributed by atoms with Crippen LogP contribution in [0, 0.1) is 0 Å². The van der Waals surface area contributed by atoms with Gasteiger partial charge in [0.25, 0.3) is 0 Å². The molecular weight excluding hydrogens is 358 g/mol. The lowest BCUT2D eigenvalue weighted by molar-refractivity contribution is 0.112. The second kappa shape index (κ2) is 8.11. The van der Waals surface area contributed by atoms with Crippen molar-refractivity contribution in [2.75, 3.05) is 33.4 Å². The summed E-state index contributed by atoms with van der Waals surface area (Å²) in [6.07, 6.45) is 3.55. The molecular formula is C22H23NO3S. The Morgan fingerprint density at radius 2 is 1.81 bits per heavy atom. The van der Waals surface area contributed by atoms with Gasteiger partial charge >= 0.3 is 0 Å². The average molecular weight is 381 g/mol. The van der Waals surface area contributed by atoms with Crippen molar-refractivity contribution in [2.24, 2.45) is 0 Å². The van der Waals surface area contributed by atoms with E-state index >= 15 is 0 Å². The van der Waals surface area contributed by atoms with Crippen LogP contribution in [-0.4, -0.2) is 44.5 Å². The van der Waals surface area contributed by atoms with Crippen molar-refractivity contribution < 1.29 is 14.3 Å². The van der Waals surface area contributed by atoms with Crippen molar-refractivity contribution in [1.82, 2.24) is 4.90 Å². The Bertz CT molecular complexity index is 927. The minimum Gasteiger partial charge on any atom is -0.497 e. The largest absolute Gasteiger partial charge is 0.497 e. The number of likely N-dealkylation sites (tertiary alicyclic amines) is 1. The highest BCUT2D eigenvalue weighted by atomic mass is 32.1. The van der Waals surface area contributed by atoms with E-state index in [1.54, 1.807) is 18.4 Å². The van der Waals surface area contributed by atoms with Gasteiger partial charge < -0.3 is 9.47 Å². The van der Waals surface area contributed by atoms with E-state index in [4.69, 9.17) is 9.47 Å². The Labute approximate surface area is 163 Å². The number of rotatable bonds is 7. The maximum absolute atomic E-state index is 11.7. The first kappa shape index (κ1) is 18.0. The molecule has 3 aromatic rings. The molecule has 1 aliphatic rings. The topological polar surface area (TPSA) is 38.8 Å². The molecule has 0 radical (unpaired) electrons. The van der Waals surface area contributed by atoms with Gasteiger partial charge in [-0.15, -0.1) is 11.3 Å². The summed E-state index contributed by atoms with van der Waals surface area (Å²) in [6.45, 7) is 4.07. The van der Waals surface area contributed by atoms with Crippen LogP contribution in [0.5, 0.6) is 11.5 Å². The molecule has 140 valence electrons. The van der Waals surface area contributed by atoms with Crippen molar-refractivity contribution in [3.05, 3.63) is 48.0 Å². The van der Waals surface area contributed by atoms with Crippen LogP contribution in [0.3, 0.4) is 0 Å². The smallest absolute Gasteiger partial charge is 0.152 e. The number of thiophene rings is 1. The molecule has 5 heteroatoms. The van der Waals surface area contributed by atoms with Crippen LogP contribution < -0.4 is 9.47 Å². The zero-order valence-electron chi connectivity index (χ0n) is 15.4. The first-order chi connectivity index (χ1) is 13.3. The summed E-state index contributed by atoms with van der Waals surface area (Å²) in [7, 11) is 1.65. The molecule has 0 aliphatic carbocycles. The van der Waals surface area contributed by atoms with Gasteiger partial charge in [0.05, 0.1) is 7.11 Å². The van der Waals surface area contributed by atoms with Crippen LogP contribution in [0.1, 0.15) is 23.2 Å². The van der Waals surface area contributed by atoms with E-state index in [1.165, 1.54) is 25.9 Å². The summed E-state index contributed by atoms with van der Waals surface area (Å²) in [5.74, 6) is 1.67. The summed E-state index contributed by atoms with van der Waals surface area (Å²) < 4.78 is 12.2. The van der Waals surface area contributed by atoms with E-state index in [9.17, 15) is 4.79 Å². The highest BCUT2D eigenvalue weighted by Crippen LogP contribution is 2.39. The van der Waals surface area contributed by atoms with E-state index in [2.05, 4.69) is 4.90 Å². The number of aldehydes is 1. The van der Waals surface area contributed by atoms with Gasteiger partial charge in [0.2, 0.25) is 0 Å². The molecule has 0 bridgehead atoms. The number of benzene rings is 2. The summed E-state index contributed by atoms with van der Waals surface area (Å²) in [5.41, 5.74) is 1.77. The van der Waals surface area contributed by atoms with Crippen LogP contribution in [0.2, 0.25) is 0 Å². The summed E-state index contributed by atoms with van der Waals surface area (Å²) in [5, 5.41) is 0.969. The summed E-state index contributed by atoms with van der Waals surface area (Å²) >= 11 is 1.61. The van der Waals surface area contributed by atoms with E-state index < -0.39 is 0 Å². The lowest BCUT2D eigenvalue weighted by Crippen LogP contribution is -2.25. The number of fused-ring (bicyclic) bond motifs is 1. The Hall–Kier alpha value is -2.37. The highest BCUT2D eigenvalue weighted by Gasteiger charge is 2.14. The lowest BCUT2D eigenvalue weighted by atomic mass is 10.1. The van der Waals surface area contributed by atoms with Crippen LogP contribution in [-0.2, 0) is 0 Å². The molecule has 27 heavy (non-hydrogen) atoms. The molecule has 0 unspecified atom stereocenters. The number of nitrogens with zero attached hydrogens (tertiary/aromatic N) is 1. The molecule has 0 saturated carbocycles. The van der Waals surface area contributed by atoms with Crippen molar-refractivity contribution >= 4 is 27.7 Å². The zero-order valence-corrected chi connectivity index (χ0v) is 16.3. The fraction of sp³-hybridized carbons (Fsp3) is 0.318. The zero-order chi connectivity index (χ0) is 18.6. The van der Waals surface area contributed by atoms with Crippen LogP contribution >= 0.6 is 11.3 Å². The number of hydrogen-bond acceptors (Lipinski definition) is 5. The van der Waals surface area contributed by atoms with Crippen LogP contribution in [0.25, 0.3) is 20.5 Å². The Balaban J connectivity index is 1.51. The first-order valence-corrected chi connectivity index (χ1v) is 10.1. The first-order valence-electron chi connectivity index (χ1n) is 9.30. The van der Waals surface area contributed by atoms with Gasteiger partial charge in [-0.3, -0.25) is 9.69 Å². The summed E-state index contributed by atoms with van der Waals surface area (Å²) in [6, 6.07) is 13.8. The molecule has 1 saturated heterocycles. The van der Waals surface area contributed by atoms with Gasteiger partial charge in [-0.05, 0) is 74.0 Å². The van der Waals surface area contributed by atoms with Gasteiger partial charge in [0, 0.05) is 27.1 Å². The van der Waals surface area contributed by atoms with Crippen molar-refractivity contribution in [3.63, 3.8) is 0 Å². The van der Waals surface area contributed by atoms with Crippen molar-refractivity contribution in [2.45, 2.75) is 12.8 Å². The van der Waals surface area contributed by atoms with E-state index in [0.717, 1.165) is 50.4 Å². The van der Waals surface area contributed by atoms with Gasteiger partial charge in [0.1, 0.15) is 18.1 Å². The SMILES string of the molecule is COc1ccc2c(C=O)c(-c3ccc(OCCN4CCCC4)cc3)sc2c1. The maximum atomic E-state index is 11.7. The molecule has 0 atom stereocenters. The monoisotopic (exact) mass is 381 g/mol. The second-order valence-electron chi connectivity index (χ2n) is 6.75. The Morgan fingerprint density at radius 1 is 1.07 bits per heavy atom. The molecule has 1 aromatic heterocycles. The molecule has 1 fully saturated rings. The average Bonchev–Trinajstić information content (AvgIpc) is 3.35. The lowest BCUT2D eigenvalue weighted by Gasteiger charge is -2.15. The fourth-order valence-electron chi connectivity index (χ4n) is 3.56. The number of carbonyl (C=O) groups is 1. The fourth-order valence-corrected chi connectivity index (χ4v) is 4.76. The molecule has 1 aliphatic heterocycles. The molecule has 0 spiro atoms. The minimum atomic E-state index is 0.710. The van der Waals surface area contributed by atoms with Crippen molar-refractivity contribution in [3.8, 4) is 21.9 Å². The minimum absolute atomic E-state index is 0.710. The van der Waals surface area contributed by atoms with Gasteiger partial charge in [-0.2, -0.15) is 0 Å². The highest BCUT2D eigenvalue weighted by molar-refractivity contribution is 7.22. The van der Waals surface area contributed by atoms with Gasteiger partial charge in [-0.1, -0.05) is 0 Å². The second-order valence-corrected chi connectivity index (χ2v) is 7.80. The van der Waals surface area contributed by atoms with E-state index in [1.807, 2.05) is 42.5 Å². The standard InChI is InChI=1S/C22H23NO3S/c1-25-18-8-9-19-20(15-24)22(27-21(19)14-18)16-4-6-17(7-5-16)26-13-12-23-10-2-3-11-23/h4-9,14-15H,2-3,10-13H2,1H3. The van der Waals surface area contributed by atoms with E-state index in [0.29, 0.717) is 6.61 Å². The van der Waals surface area contributed by atoms with Gasteiger partial charge in [0.15, 0.2) is 6.29 Å². The predicted molar refractivity (Wildman–Crippen MR) is 110 cm³/mol.